The lowest BCUT2D eigenvalue weighted by Gasteiger charge is -1.93. The van der Waals surface area contributed by atoms with Crippen LogP contribution in [0.3, 0.4) is 0 Å². The maximum Gasteiger partial charge on any atom is 0.340 e. The van der Waals surface area contributed by atoms with Gasteiger partial charge in [0.2, 0.25) is 11.2 Å². The number of imidazole rings is 1. The van der Waals surface area contributed by atoms with Crippen LogP contribution in [0.2, 0.25) is 0 Å². The first kappa shape index (κ1) is 10.2. The van der Waals surface area contributed by atoms with E-state index in [0.717, 1.165) is 23.2 Å². The molecule has 20 heavy (non-hydrogen) atoms. The van der Waals surface area contributed by atoms with Gasteiger partial charge in [0.05, 0.1) is 18.0 Å². The van der Waals surface area contributed by atoms with E-state index in [1.165, 1.54) is 17.0 Å². The Labute approximate surface area is 114 Å². The highest BCUT2D eigenvalue weighted by atomic mass is 16.4. The van der Waals surface area contributed by atoms with Gasteiger partial charge in [-0.1, -0.05) is 18.2 Å². The Morgan fingerprint density at radius 2 is 2.10 bits per heavy atom. The molecule has 4 heteroatoms. The van der Waals surface area contributed by atoms with Crippen LogP contribution in [0, 0.1) is 0 Å². The molecule has 4 heterocycles. The molecule has 1 aromatic carbocycles. The van der Waals surface area contributed by atoms with E-state index in [1.807, 2.05) is 6.07 Å². The second-order valence-electron chi connectivity index (χ2n) is 5.24. The Bertz CT molecular complexity index is 994. The van der Waals surface area contributed by atoms with Gasteiger partial charge in [0.15, 0.2) is 0 Å². The molecule has 0 unspecified atom stereocenters. The molecule has 1 aliphatic heterocycles. The van der Waals surface area contributed by atoms with Gasteiger partial charge in [-0.2, -0.15) is 4.57 Å². The molecule has 5 rings (SSSR count). The van der Waals surface area contributed by atoms with Crippen LogP contribution >= 0.6 is 0 Å². The molecule has 0 saturated heterocycles. The number of benzene rings is 1. The highest BCUT2D eigenvalue weighted by molar-refractivity contribution is 6.00. The van der Waals surface area contributed by atoms with Crippen LogP contribution in [0.5, 0.6) is 0 Å². The van der Waals surface area contributed by atoms with E-state index in [-0.39, 0.29) is 0 Å². The predicted octanol–water partition coefficient (Wildman–Crippen LogP) is 2.64. The number of furan rings is 1. The summed E-state index contributed by atoms with van der Waals surface area (Å²) in [4.78, 5) is 4.31. The monoisotopic (exact) mass is 262 g/mol. The molecule has 0 fully saturated rings. The van der Waals surface area contributed by atoms with Crippen molar-refractivity contribution < 1.29 is 8.98 Å². The van der Waals surface area contributed by atoms with Crippen LogP contribution in [-0.2, 0) is 13.6 Å². The zero-order valence-corrected chi connectivity index (χ0v) is 11.0. The van der Waals surface area contributed by atoms with Crippen molar-refractivity contribution in [2.24, 2.45) is 7.05 Å². The average Bonchev–Trinajstić information content (AvgIpc) is 3.10. The summed E-state index contributed by atoms with van der Waals surface area (Å²) in [7, 11) is 2.05. The number of hydrogen-bond donors (Lipinski definition) is 0. The van der Waals surface area contributed by atoms with Gasteiger partial charge in [0.1, 0.15) is 6.54 Å². The van der Waals surface area contributed by atoms with E-state index in [2.05, 4.69) is 51.5 Å². The minimum atomic E-state index is 0.708. The van der Waals surface area contributed by atoms with Crippen molar-refractivity contribution in [1.29, 1.82) is 0 Å². The Morgan fingerprint density at radius 3 is 3.05 bits per heavy atom. The summed E-state index contributed by atoms with van der Waals surface area (Å²) in [6.07, 6.45) is 1.77. The summed E-state index contributed by atoms with van der Waals surface area (Å²) in [5, 5.41) is 1.08. The van der Waals surface area contributed by atoms with Gasteiger partial charge in [-0.15, -0.1) is 0 Å². The molecule has 4 nitrogen and oxygen atoms in total. The van der Waals surface area contributed by atoms with Crippen molar-refractivity contribution in [2.45, 2.75) is 6.54 Å². The van der Waals surface area contributed by atoms with Crippen molar-refractivity contribution in [3.05, 3.63) is 48.2 Å². The smallest absolute Gasteiger partial charge is 0.340 e. The fourth-order valence-corrected chi connectivity index (χ4v) is 3.31. The van der Waals surface area contributed by atoms with E-state index in [1.54, 1.807) is 6.20 Å². The van der Waals surface area contributed by atoms with Crippen molar-refractivity contribution in [2.75, 3.05) is 0 Å². The number of aryl methyl sites for hydroxylation is 1. The van der Waals surface area contributed by atoms with Gasteiger partial charge in [0.25, 0.3) is 5.82 Å². The molecule has 3 aromatic heterocycles. The van der Waals surface area contributed by atoms with Crippen molar-refractivity contribution in [3.8, 4) is 11.4 Å². The standard InChI is InChI=1S/C16H12N3O/c1-18-15-11-6-3-2-5-10(11)9-19(15)13-12-7-4-8-17-14(12)20-16(13)18/h2-8H,9H2,1H3/q+1. The van der Waals surface area contributed by atoms with Gasteiger partial charge in [0, 0.05) is 11.8 Å². The number of hydrogen-bond acceptors (Lipinski definition) is 2. The van der Waals surface area contributed by atoms with Gasteiger partial charge in [-0.3, -0.25) is 0 Å². The summed E-state index contributed by atoms with van der Waals surface area (Å²) < 4.78 is 10.4. The average molecular weight is 262 g/mol. The lowest BCUT2D eigenvalue weighted by Crippen LogP contribution is -2.29. The number of nitrogens with zero attached hydrogens (tertiary/aromatic N) is 3. The summed E-state index contributed by atoms with van der Waals surface area (Å²) in [5.41, 5.74) is 5.39. The van der Waals surface area contributed by atoms with Crippen LogP contribution in [0.4, 0.5) is 0 Å². The normalized spacial score (nSPS) is 13.1. The minimum absolute atomic E-state index is 0.708. The van der Waals surface area contributed by atoms with E-state index in [0.29, 0.717) is 5.71 Å². The molecular formula is C16H12N3O+. The molecule has 0 atom stereocenters. The fraction of sp³-hybridized carbons (Fsp3) is 0.125. The maximum atomic E-state index is 5.93. The molecule has 0 aliphatic carbocycles. The van der Waals surface area contributed by atoms with Crippen molar-refractivity contribution in [1.82, 2.24) is 9.55 Å². The summed E-state index contributed by atoms with van der Waals surface area (Å²) in [6.45, 7) is 0.895. The van der Waals surface area contributed by atoms with E-state index >= 15 is 0 Å². The molecule has 0 radical (unpaired) electrons. The predicted molar refractivity (Wildman–Crippen MR) is 75.2 cm³/mol. The van der Waals surface area contributed by atoms with Crippen LogP contribution in [-0.4, -0.2) is 9.55 Å². The lowest BCUT2D eigenvalue weighted by atomic mass is 10.1. The summed E-state index contributed by atoms with van der Waals surface area (Å²) in [6, 6.07) is 12.6. The summed E-state index contributed by atoms with van der Waals surface area (Å²) in [5.74, 6) is 1.21. The topological polar surface area (TPSA) is 34.8 Å². The third kappa shape index (κ3) is 1.04. The van der Waals surface area contributed by atoms with Crippen molar-refractivity contribution in [3.63, 3.8) is 0 Å². The van der Waals surface area contributed by atoms with Crippen LogP contribution in [0.25, 0.3) is 33.7 Å². The largest absolute Gasteiger partial charge is 0.400 e. The van der Waals surface area contributed by atoms with E-state index < -0.39 is 0 Å². The third-order valence-corrected chi connectivity index (χ3v) is 4.16. The lowest BCUT2D eigenvalue weighted by molar-refractivity contribution is -0.640. The molecular weight excluding hydrogens is 250 g/mol. The quantitative estimate of drug-likeness (QED) is 0.402. The third-order valence-electron chi connectivity index (χ3n) is 4.16. The Morgan fingerprint density at radius 1 is 1.20 bits per heavy atom. The minimum Gasteiger partial charge on any atom is -0.400 e. The number of fused-ring (bicyclic) bond motifs is 7. The first-order chi connectivity index (χ1) is 9.84. The Hall–Kier alpha value is -2.62. The molecule has 0 N–H and O–H groups in total. The van der Waals surface area contributed by atoms with E-state index in [4.69, 9.17) is 4.42 Å². The molecule has 96 valence electrons. The Kier molecular flexibility index (Phi) is 1.67. The fourth-order valence-electron chi connectivity index (χ4n) is 3.31. The second kappa shape index (κ2) is 3.28. The SMILES string of the molecule is C[n+]1c2n(c3c4cccnc4oc31)Cc1ccccc1-2. The van der Waals surface area contributed by atoms with Gasteiger partial charge in [-0.25, -0.2) is 9.55 Å². The molecule has 0 spiro atoms. The summed E-state index contributed by atoms with van der Waals surface area (Å²) >= 11 is 0. The van der Waals surface area contributed by atoms with Crippen LogP contribution in [0.15, 0.2) is 47.0 Å². The van der Waals surface area contributed by atoms with Crippen molar-refractivity contribution >= 4 is 22.3 Å². The zero-order valence-electron chi connectivity index (χ0n) is 11.0. The van der Waals surface area contributed by atoms with Crippen LogP contribution in [0.1, 0.15) is 5.56 Å². The second-order valence-corrected chi connectivity index (χ2v) is 5.24. The molecule has 0 amide bonds. The van der Waals surface area contributed by atoms with E-state index in [9.17, 15) is 0 Å². The molecule has 1 aliphatic rings. The molecule has 0 saturated carbocycles. The van der Waals surface area contributed by atoms with Gasteiger partial charge >= 0.3 is 5.71 Å². The maximum absolute atomic E-state index is 5.93. The first-order valence-corrected chi connectivity index (χ1v) is 6.68. The van der Waals surface area contributed by atoms with Gasteiger partial charge in [-0.05, 0) is 18.2 Å². The molecule has 0 bridgehead atoms. The number of pyridine rings is 1. The van der Waals surface area contributed by atoms with Crippen LogP contribution < -0.4 is 4.57 Å². The Balaban J connectivity index is 1.99. The number of rotatable bonds is 0. The highest BCUT2D eigenvalue weighted by Crippen LogP contribution is 2.36. The van der Waals surface area contributed by atoms with Gasteiger partial charge < -0.3 is 4.42 Å². The first-order valence-electron chi connectivity index (χ1n) is 6.68. The highest BCUT2D eigenvalue weighted by Gasteiger charge is 2.35. The number of aromatic nitrogens is 3. The molecule has 4 aromatic rings. The zero-order chi connectivity index (χ0) is 13.3.